The summed E-state index contributed by atoms with van der Waals surface area (Å²) in [6.07, 6.45) is 4.16. The molecule has 0 bridgehead atoms. The zero-order chi connectivity index (χ0) is 16.6. The summed E-state index contributed by atoms with van der Waals surface area (Å²) in [6.45, 7) is 6.16. The standard InChI is InChI=1S/C18H20ClN3O/c1-18(2,3)17-20-9-11(10-21-17)22-16(23)14-8-13(14)12-6-4-5-7-15(12)19/h4-7,9-10,13-14H,8H2,1-3H3,(H,22,23)/t13-,14+/m0/s1. The molecule has 0 radical (unpaired) electrons. The second-order valence-corrected chi connectivity index (χ2v) is 7.41. The number of amides is 1. The molecule has 1 fully saturated rings. The topological polar surface area (TPSA) is 54.9 Å². The van der Waals surface area contributed by atoms with Gasteiger partial charge < -0.3 is 5.32 Å². The van der Waals surface area contributed by atoms with Crippen molar-refractivity contribution in [2.45, 2.75) is 38.5 Å². The van der Waals surface area contributed by atoms with Gasteiger partial charge in [-0.05, 0) is 24.0 Å². The lowest BCUT2D eigenvalue weighted by atomic mass is 9.96. The molecule has 0 saturated heterocycles. The predicted molar refractivity (Wildman–Crippen MR) is 91.7 cm³/mol. The minimum atomic E-state index is -0.103. The smallest absolute Gasteiger partial charge is 0.228 e. The maximum Gasteiger partial charge on any atom is 0.228 e. The molecule has 1 saturated carbocycles. The second kappa shape index (κ2) is 5.93. The Morgan fingerprint density at radius 1 is 1.22 bits per heavy atom. The Kier molecular flexibility index (Phi) is 4.11. The van der Waals surface area contributed by atoms with E-state index in [2.05, 4.69) is 36.1 Å². The van der Waals surface area contributed by atoms with Crippen LogP contribution in [0.3, 0.4) is 0 Å². The molecule has 0 unspecified atom stereocenters. The second-order valence-electron chi connectivity index (χ2n) is 7.00. The van der Waals surface area contributed by atoms with E-state index in [0.717, 1.165) is 22.8 Å². The van der Waals surface area contributed by atoms with Gasteiger partial charge in [-0.3, -0.25) is 4.79 Å². The molecule has 2 aromatic rings. The Labute approximate surface area is 141 Å². The monoisotopic (exact) mass is 329 g/mol. The van der Waals surface area contributed by atoms with Gasteiger partial charge in [0.15, 0.2) is 0 Å². The molecule has 0 spiro atoms. The molecular formula is C18H20ClN3O. The third kappa shape index (κ3) is 3.53. The van der Waals surface area contributed by atoms with Crippen LogP contribution < -0.4 is 5.32 Å². The van der Waals surface area contributed by atoms with Crippen LogP contribution in [0.5, 0.6) is 0 Å². The Morgan fingerprint density at radius 3 is 2.48 bits per heavy atom. The highest BCUT2D eigenvalue weighted by Gasteiger charge is 2.44. The molecule has 120 valence electrons. The van der Waals surface area contributed by atoms with Crippen LogP contribution in [-0.4, -0.2) is 15.9 Å². The molecule has 1 aromatic heterocycles. The van der Waals surface area contributed by atoms with Crippen molar-refractivity contribution in [1.29, 1.82) is 0 Å². The Bertz CT molecular complexity index is 722. The van der Waals surface area contributed by atoms with Crippen molar-refractivity contribution in [1.82, 2.24) is 9.97 Å². The third-order valence-electron chi connectivity index (χ3n) is 4.02. The molecule has 5 heteroatoms. The highest BCUT2D eigenvalue weighted by atomic mass is 35.5. The molecule has 1 aliphatic rings. The van der Waals surface area contributed by atoms with Crippen LogP contribution in [0.1, 0.15) is 44.5 Å². The van der Waals surface area contributed by atoms with Crippen LogP contribution >= 0.6 is 11.6 Å². The summed E-state index contributed by atoms with van der Waals surface area (Å²) in [7, 11) is 0. The fourth-order valence-corrected chi connectivity index (χ4v) is 2.90. The fraction of sp³-hybridized carbons (Fsp3) is 0.389. The number of carbonyl (C=O) groups excluding carboxylic acids is 1. The molecule has 1 aromatic carbocycles. The van der Waals surface area contributed by atoms with E-state index in [0.29, 0.717) is 5.69 Å². The van der Waals surface area contributed by atoms with E-state index in [-0.39, 0.29) is 23.2 Å². The van der Waals surface area contributed by atoms with E-state index in [4.69, 9.17) is 11.6 Å². The first-order valence-electron chi connectivity index (χ1n) is 7.74. The molecule has 3 rings (SSSR count). The molecule has 1 aliphatic carbocycles. The van der Waals surface area contributed by atoms with E-state index >= 15 is 0 Å². The molecule has 1 heterocycles. The van der Waals surface area contributed by atoms with Gasteiger partial charge in [0, 0.05) is 16.4 Å². The van der Waals surface area contributed by atoms with E-state index in [9.17, 15) is 4.79 Å². The molecule has 4 nitrogen and oxygen atoms in total. The molecule has 23 heavy (non-hydrogen) atoms. The summed E-state index contributed by atoms with van der Waals surface area (Å²) in [6, 6.07) is 7.70. The highest BCUT2D eigenvalue weighted by Crippen LogP contribution is 2.49. The Balaban J connectivity index is 1.64. The van der Waals surface area contributed by atoms with Crippen LogP contribution in [0.15, 0.2) is 36.7 Å². The van der Waals surface area contributed by atoms with Crippen LogP contribution in [-0.2, 0) is 10.2 Å². The number of nitrogens with one attached hydrogen (secondary N) is 1. The van der Waals surface area contributed by atoms with Crippen molar-refractivity contribution >= 4 is 23.2 Å². The lowest BCUT2D eigenvalue weighted by molar-refractivity contribution is -0.117. The quantitative estimate of drug-likeness (QED) is 0.919. The van der Waals surface area contributed by atoms with Gasteiger partial charge in [0.05, 0.1) is 18.1 Å². The summed E-state index contributed by atoms with van der Waals surface area (Å²) in [4.78, 5) is 21.0. The van der Waals surface area contributed by atoms with Gasteiger partial charge in [-0.15, -0.1) is 0 Å². The number of hydrogen-bond donors (Lipinski definition) is 1. The number of carbonyl (C=O) groups is 1. The predicted octanol–water partition coefficient (Wildman–Crippen LogP) is 4.17. The van der Waals surface area contributed by atoms with Crippen molar-refractivity contribution in [2.24, 2.45) is 5.92 Å². The van der Waals surface area contributed by atoms with Crippen LogP contribution in [0.4, 0.5) is 5.69 Å². The van der Waals surface area contributed by atoms with Gasteiger partial charge in [-0.2, -0.15) is 0 Å². The molecule has 2 atom stereocenters. The SMILES string of the molecule is CC(C)(C)c1ncc(NC(=O)[C@@H]2C[C@H]2c2ccccc2Cl)cn1. The number of nitrogens with zero attached hydrogens (tertiary/aromatic N) is 2. The van der Waals surface area contributed by atoms with Gasteiger partial charge in [0.25, 0.3) is 0 Å². The van der Waals surface area contributed by atoms with Gasteiger partial charge in [-0.1, -0.05) is 50.6 Å². The summed E-state index contributed by atoms with van der Waals surface area (Å²) < 4.78 is 0. The van der Waals surface area contributed by atoms with Gasteiger partial charge >= 0.3 is 0 Å². The number of halogens is 1. The summed E-state index contributed by atoms with van der Waals surface area (Å²) in [5, 5.41) is 3.62. The summed E-state index contributed by atoms with van der Waals surface area (Å²) in [5.74, 6) is 0.938. The van der Waals surface area contributed by atoms with Crippen molar-refractivity contribution in [3.8, 4) is 0 Å². The van der Waals surface area contributed by atoms with E-state index in [1.165, 1.54) is 0 Å². The van der Waals surface area contributed by atoms with Crippen molar-refractivity contribution < 1.29 is 4.79 Å². The summed E-state index contributed by atoms with van der Waals surface area (Å²) in [5.41, 5.74) is 1.58. The van der Waals surface area contributed by atoms with E-state index in [1.54, 1.807) is 12.4 Å². The average Bonchev–Trinajstić information content (AvgIpc) is 3.28. The van der Waals surface area contributed by atoms with Crippen LogP contribution in [0.25, 0.3) is 0 Å². The van der Waals surface area contributed by atoms with Gasteiger partial charge in [0.2, 0.25) is 5.91 Å². The van der Waals surface area contributed by atoms with Crippen LogP contribution in [0, 0.1) is 5.92 Å². The zero-order valence-electron chi connectivity index (χ0n) is 13.5. The number of aromatic nitrogens is 2. The number of anilines is 1. The largest absolute Gasteiger partial charge is 0.323 e. The first-order chi connectivity index (χ1) is 10.9. The molecule has 1 N–H and O–H groups in total. The van der Waals surface area contributed by atoms with E-state index in [1.807, 2.05) is 24.3 Å². The first-order valence-corrected chi connectivity index (χ1v) is 8.12. The van der Waals surface area contributed by atoms with E-state index < -0.39 is 0 Å². The maximum atomic E-state index is 12.3. The zero-order valence-corrected chi connectivity index (χ0v) is 14.3. The van der Waals surface area contributed by atoms with Crippen molar-refractivity contribution in [3.05, 3.63) is 53.1 Å². The summed E-state index contributed by atoms with van der Waals surface area (Å²) >= 11 is 6.20. The number of benzene rings is 1. The number of rotatable bonds is 3. The van der Waals surface area contributed by atoms with Crippen molar-refractivity contribution in [2.75, 3.05) is 5.32 Å². The molecule has 1 amide bonds. The maximum absolute atomic E-state index is 12.3. The molecule has 0 aliphatic heterocycles. The molecular weight excluding hydrogens is 310 g/mol. The minimum Gasteiger partial charge on any atom is -0.323 e. The first kappa shape index (κ1) is 15.9. The van der Waals surface area contributed by atoms with Gasteiger partial charge in [0.1, 0.15) is 5.82 Å². The normalized spacial score (nSPS) is 20.2. The van der Waals surface area contributed by atoms with Crippen molar-refractivity contribution in [3.63, 3.8) is 0 Å². The Morgan fingerprint density at radius 2 is 1.87 bits per heavy atom. The average molecular weight is 330 g/mol. The lowest BCUT2D eigenvalue weighted by Crippen LogP contribution is -2.18. The fourth-order valence-electron chi connectivity index (χ4n) is 2.62. The highest BCUT2D eigenvalue weighted by molar-refractivity contribution is 6.31. The van der Waals surface area contributed by atoms with Gasteiger partial charge in [-0.25, -0.2) is 9.97 Å². The Hall–Kier alpha value is -1.94. The number of hydrogen-bond acceptors (Lipinski definition) is 3. The van der Waals surface area contributed by atoms with Crippen LogP contribution in [0.2, 0.25) is 5.02 Å². The third-order valence-corrected chi connectivity index (χ3v) is 4.37. The minimum absolute atomic E-state index is 0.00188. The lowest BCUT2D eigenvalue weighted by Gasteiger charge is -2.16.